The lowest BCUT2D eigenvalue weighted by atomic mass is 9.98. The molecule has 164 valence electrons. The van der Waals surface area contributed by atoms with Crippen molar-refractivity contribution in [2.45, 2.75) is 51.2 Å². The molecule has 1 aliphatic rings. The molecule has 0 saturated carbocycles. The van der Waals surface area contributed by atoms with E-state index in [1.807, 2.05) is 48.5 Å². The number of hydrogen-bond donors (Lipinski definition) is 2. The van der Waals surface area contributed by atoms with E-state index in [0.29, 0.717) is 0 Å². The summed E-state index contributed by atoms with van der Waals surface area (Å²) in [4.78, 5) is 35.6. The molecule has 7 nitrogen and oxygen atoms in total. The number of carboxylic acids is 1. The molecule has 3 rings (SSSR count). The van der Waals surface area contributed by atoms with Crippen LogP contribution in [0.25, 0.3) is 11.1 Å². The first-order valence-corrected chi connectivity index (χ1v) is 10.2. The zero-order chi connectivity index (χ0) is 22.6. The number of carbonyl (C=O) groups excluding carboxylic acids is 2. The predicted molar refractivity (Wildman–Crippen MR) is 115 cm³/mol. The molecular weight excluding hydrogens is 398 g/mol. The first kappa shape index (κ1) is 22.3. The van der Waals surface area contributed by atoms with Crippen LogP contribution in [0, 0.1) is 0 Å². The average molecular weight is 425 g/mol. The Morgan fingerprint density at radius 2 is 1.52 bits per heavy atom. The minimum Gasteiger partial charge on any atom is -0.481 e. The highest BCUT2D eigenvalue weighted by molar-refractivity contribution is 5.79. The second kappa shape index (κ2) is 9.20. The lowest BCUT2D eigenvalue weighted by Crippen LogP contribution is -2.40. The van der Waals surface area contributed by atoms with E-state index in [9.17, 15) is 14.4 Å². The highest BCUT2D eigenvalue weighted by Gasteiger charge is 2.30. The molecule has 0 spiro atoms. The Labute approximate surface area is 181 Å². The zero-order valence-electron chi connectivity index (χ0n) is 17.9. The van der Waals surface area contributed by atoms with Crippen molar-refractivity contribution >= 4 is 18.0 Å². The van der Waals surface area contributed by atoms with E-state index in [4.69, 9.17) is 14.6 Å². The first-order valence-electron chi connectivity index (χ1n) is 10.2. The Bertz CT molecular complexity index is 933. The standard InChI is InChI=1S/C24H27NO6/c1-24(2,3)31-22(28)13-15(12-21(26)27)25-23(29)30-14-20-18-10-6-4-8-16(18)17-9-5-7-11-19(17)20/h4-11,15,20H,12-14H2,1-3H3,(H,25,29)(H,26,27)/t15-/m1/s1. The Morgan fingerprint density at radius 3 is 2.03 bits per heavy atom. The van der Waals surface area contributed by atoms with Crippen LogP contribution in [-0.4, -0.2) is 41.4 Å². The van der Waals surface area contributed by atoms with Crippen molar-refractivity contribution in [2.75, 3.05) is 6.61 Å². The number of amides is 1. The molecular formula is C24H27NO6. The number of nitrogens with one attached hydrogen (secondary N) is 1. The van der Waals surface area contributed by atoms with E-state index in [1.54, 1.807) is 20.8 Å². The third kappa shape index (κ3) is 5.84. The van der Waals surface area contributed by atoms with Gasteiger partial charge in [0, 0.05) is 5.92 Å². The number of carboxylic acid groups (broad SMARTS) is 1. The maximum absolute atomic E-state index is 12.4. The van der Waals surface area contributed by atoms with Gasteiger partial charge in [-0.05, 0) is 43.0 Å². The third-order valence-corrected chi connectivity index (χ3v) is 4.92. The summed E-state index contributed by atoms with van der Waals surface area (Å²) in [5, 5.41) is 11.6. The minimum absolute atomic E-state index is 0.103. The van der Waals surface area contributed by atoms with Crippen LogP contribution >= 0.6 is 0 Å². The normalized spacial score (nSPS) is 13.6. The highest BCUT2D eigenvalue weighted by Crippen LogP contribution is 2.44. The van der Waals surface area contributed by atoms with Crippen LogP contribution in [0.1, 0.15) is 50.7 Å². The molecule has 1 atom stereocenters. The summed E-state index contributed by atoms with van der Waals surface area (Å²) < 4.78 is 10.7. The van der Waals surface area contributed by atoms with Crippen LogP contribution in [-0.2, 0) is 19.1 Å². The van der Waals surface area contributed by atoms with E-state index in [-0.39, 0.29) is 18.9 Å². The molecule has 0 aliphatic heterocycles. The molecule has 2 aromatic carbocycles. The van der Waals surface area contributed by atoms with Crippen molar-refractivity contribution in [3.8, 4) is 11.1 Å². The fraction of sp³-hybridized carbons (Fsp3) is 0.375. The summed E-state index contributed by atoms with van der Waals surface area (Å²) in [6, 6.07) is 15.0. The monoisotopic (exact) mass is 425 g/mol. The molecule has 31 heavy (non-hydrogen) atoms. The van der Waals surface area contributed by atoms with Crippen molar-refractivity contribution in [2.24, 2.45) is 0 Å². The Kier molecular flexibility index (Phi) is 6.63. The average Bonchev–Trinajstić information content (AvgIpc) is 2.98. The van der Waals surface area contributed by atoms with Crippen molar-refractivity contribution in [1.82, 2.24) is 5.32 Å². The largest absolute Gasteiger partial charge is 0.481 e. The van der Waals surface area contributed by atoms with Gasteiger partial charge in [0.25, 0.3) is 0 Å². The topological polar surface area (TPSA) is 102 Å². The Hall–Kier alpha value is -3.35. The number of alkyl carbamates (subject to hydrolysis) is 1. The molecule has 0 aromatic heterocycles. The fourth-order valence-electron chi connectivity index (χ4n) is 3.78. The van der Waals surface area contributed by atoms with E-state index >= 15 is 0 Å². The molecule has 0 fully saturated rings. The summed E-state index contributed by atoms with van der Waals surface area (Å²) in [5.74, 6) is -1.83. The number of hydrogen-bond acceptors (Lipinski definition) is 5. The Balaban J connectivity index is 1.64. The predicted octanol–water partition coefficient (Wildman–Crippen LogP) is 4.10. The second-order valence-electron chi connectivity index (χ2n) is 8.56. The van der Waals surface area contributed by atoms with Gasteiger partial charge in [0.1, 0.15) is 12.2 Å². The maximum atomic E-state index is 12.4. The molecule has 1 amide bonds. The van der Waals surface area contributed by atoms with Gasteiger partial charge in [0.2, 0.25) is 0 Å². The molecule has 0 saturated heterocycles. The number of rotatable bonds is 7. The highest BCUT2D eigenvalue weighted by atomic mass is 16.6. The molecule has 0 bridgehead atoms. The van der Waals surface area contributed by atoms with E-state index in [1.165, 1.54) is 0 Å². The third-order valence-electron chi connectivity index (χ3n) is 4.92. The van der Waals surface area contributed by atoms with Gasteiger partial charge >= 0.3 is 18.0 Å². The SMILES string of the molecule is CC(C)(C)OC(=O)C[C@@H](CC(=O)O)NC(=O)OCC1c2ccccc2-c2ccccc21. The number of ether oxygens (including phenoxy) is 2. The molecule has 1 aliphatic carbocycles. The maximum Gasteiger partial charge on any atom is 0.407 e. The van der Waals surface area contributed by atoms with Gasteiger partial charge in [-0.3, -0.25) is 9.59 Å². The summed E-state index contributed by atoms with van der Waals surface area (Å²) >= 11 is 0. The van der Waals surface area contributed by atoms with Gasteiger partial charge in [-0.25, -0.2) is 4.79 Å². The number of carbonyl (C=O) groups is 3. The van der Waals surface area contributed by atoms with Crippen LogP contribution in [0.2, 0.25) is 0 Å². The second-order valence-corrected chi connectivity index (χ2v) is 8.56. The minimum atomic E-state index is -1.13. The summed E-state index contributed by atoms with van der Waals surface area (Å²) in [7, 11) is 0. The van der Waals surface area contributed by atoms with E-state index in [2.05, 4.69) is 5.32 Å². The fourth-order valence-corrected chi connectivity index (χ4v) is 3.78. The van der Waals surface area contributed by atoms with Crippen molar-refractivity contribution < 1.29 is 29.0 Å². The van der Waals surface area contributed by atoms with E-state index < -0.39 is 36.1 Å². The van der Waals surface area contributed by atoms with Crippen molar-refractivity contribution in [3.63, 3.8) is 0 Å². The van der Waals surface area contributed by atoms with Gasteiger partial charge in [-0.15, -0.1) is 0 Å². The van der Waals surface area contributed by atoms with Gasteiger partial charge in [0.15, 0.2) is 0 Å². The van der Waals surface area contributed by atoms with Crippen molar-refractivity contribution in [3.05, 3.63) is 59.7 Å². The Morgan fingerprint density at radius 1 is 0.968 bits per heavy atom. The quantitative estimate of drug-likeness (QED) is 0.648. The molecule has 2 aromatic rings. The van der Waals surface area contributed by atoms with Crippen LogP contribution in [0.3, 0.4) is 0 Å². The molecule has 0 unspecified atom stereocenters. The van der Waals surface area contributed by atoms with Gasteiger partial charge in [0.05, 0.1) is 18.9 Å². The van der Waals surface area contributed by atoms with Crippen LogP contribution in [0.4, 0.5) is 4.79 Å². The smallest absolute Gasteiger partial charge is 0.407 e. The number of fused-ring (bicyclic) bond motifs is 3. The summed E-state index contributed by atoms with van der Waals surface area (Å²) in [5.41, 5.74) is 3.68. The zero-order valence-corrected chi connectivity index (χ0v) is 17.9. The number of esters is 1. The molecule has 0 radical (unpaired) electrons. The first-order chi connectivity index (χ1) is 14.6. The molecule has 7 heteroatoms. The van der Waals surface area contributed by atoms with Gasteiger partial charge in [-0.1, -0.05) is 48.5 Å². The molecule has 2 N–H and O–H groups in total. The number of benzene rings is 2. The summed E-state index contributed by atoms with van der Waals surface area (Å²) in [6.45, 7) is 5.26. The lowest BCUT2D eigenvalue weighted by Gasteiger charge is -2.22. The lowest BCUT2D eigenvalue weighted by molar-refractivity contribution is -0.155. The molecule has 0 heterocycles. The van der Waals surface area contributed by atoms with Crippen LogP contribution < -0.4 is 5.32 Å². The van der Waals surface area contributed by atoms with Crippen LogP contribution in [0.5, 0.6) is 0 Å². The van der Waals surface area contributed by atoms with Gasteiger partial charge < -0.3 is 19.9 Å². The van der Waals surface area contributed by atoms with Crippen molar-refractivity contribution in [1.29, 1.82) is 0 Å². The summed E-state index contributed by atoms with van der Waals surface area (Å²) in [6.07, 6.45) is -1.44. The van der Waals surface area contributed by atoms with E-state index in [0.717, 1.165) is 22.3 Å². The van der Waals surface area contributed by atoms with Gasteiger partial charge in [-0.2, -0.15) is 0 Å². The number of aliphatic carboxylic acids is 1. The van der Waals surface area contributed by atoms with Crippen LogP contribution in [0.15, 0.2) is 48.5 Å².